The molecule has 1 amide bonds. The predicted molar refractivity (Wildman–Crippen MR) is 127 cm³/mol. The number of benzene rings is 2. The third kappa shape index (κ3) is 5.31. The SMILES string of the molecule is Cc1ccc(Cn2nc(C)c(C(=O)N3CCN(CCOc4ccccc4)CC3)c2Cl)cc1. The van der Waals surface area contributed by atoms with E-state index in [1.54, 1.807) is 4.68 Å². The topological polar surface area (TPSA) is 50.6 Å². The van der Waals surface area contributed by atoms with Crippen molar-refractivity contribution in [2.75, 3.05) is 39.3 Å². The lowest BCUT2D eigenvalue weighted by Crippen LogP contribution is -2.49. The Morgan fingerprint density at radius 3 is 2.38 bits per heavy atom. The zero-order chi connectivity index (χ0) is 22.5. The summed E-state index contributed by atoms with van der Waals surface area (Å²) in [6.07, 6.45) is 0. The van der Waals surface area contributed by atoms with Crippen molar-refractivity contribution in [3.05, 3.63) is 82.1 Å². The molecule has 0 radical (unpaired) electrons. The molecule has 1 aliphatic heterocycles. The molecule has 3 aromatic rings. The quantitative estimate of drug-likeness (QED) is 0.543. The van der Waals surface area contributed by atoms with Crippen LogP contribution in [0.4, 0.5) is 0 Å². The van der Waals surface area contributed by atoms with Gasteiger partial charge in [-0.15, -0.1) is 0 Å². The number of piperazine rings is 1. The van der Waals surface area contributed by atoms with Crippen LogP contribution in [0.2, 0.25) is 5.15 Å². The van der Waals surface area contributed by atoms with E-state index in [0.717, 1.165) is 30.9 Å². The Balaban J connectivity index is 1.32. The maximum absolute atomic E-state index is 13.2. The van der Waals surface area contributed by atoms with Gasteiger partial charge in [-0.3, -0.25) is 9.69 Å². The molecule has 2 aromatic carbocycles. The molecule has 0 N–H and O–H groups in total. The van der Waals surface area contributed by atoms with Gasteiger partial charge in [0.1, 0.15) is 17.5 Å². The second-order valence-corrected chi connectivity index (χ2v) is 8.55. The lowest BCUT2D eigenvalue weighted by molar-refractivity contribution is 0.0619. The molecule has 1 aliphatic rings. The number of amides is 1. The third-order valence-electron chi connectivity index (χ3n) is 5.81. The molecule has 0 aliphatic carbocycles. The van der Waals surface area contributed by atoms with Gasteiger partial charge in [-0.25, -0.2) is 4.68 Å². The standard InChI is InChI=1S/C25H29ClN4O2/c1-19-8-10-21(11-9-19)18-30-24(26)23(20(2)27-30)25(31)29-14-12-28(13-15-29)16-17-32-22-6-4-3-5-7-22/h3-11H,12-18H2,1-2H3. The minimum Gasteiger partial charge on any atom is -0.492 e. The average Bonchev–Trinajstić information content (AvgIpc) is 3.08. The lowest BCUT2D eigenvalue weighted by Gasteiger charge is -2.34. The second-order valence-electron chi connectivity index (χ2n) is 8.19. The summed E-state index contributed by atoms with van der Waals surface area (Å²) in [5.74, 6) is 0.844. The summed E-state index contributed by atoms with van der Waals surface area (Å²) in [5.41, 5.74) is 3.49. The summed E-state index contributed by atoms with van der Waals surface area (Å²) in [7, 11) is 0. The molecule has 32 heavy (non-hydrogen) atoms. The van der Waals surface area contributed by atoms with E-state index in [0.29, 0.717) is 42.7 Å². The van der Waals surface area contributed by atoms with Crippen molar-refractivity contribution in [2.45, 2.75) is 20.4 Å². The smallest absolute Gasteiger partial charge is 0.258 e. The molecule has 1 fully saturated rings. The number of rotatable bonds is 7. The van der Waals surface area contributed by atoms with Crippen LogP contribution < -0.4 is 4.74 Å². The highest BCUT2D eigenvalue weighted by atomic mass is 35.5. The van der Waals surface area contributed by atoms with Crippen LogP contribution in [-0.4, -0.2) is 64.8 Å². The molecular formula is C25H29ClN4O2. The fraction of sp³-hybridized carbons (Fsp3) is 0.360. The summed E-state index contributed by atoms with van der Waals surface area (Å²) in [5, 5.41) is 4.95. The maximum atomic E-state index is 13.2. The third-order valence-corrected chi connectivity index (χ3v) is 6.20. The van der Waals surface area contributed by atoms with Gasteiger partial charge in [0, 0.05) is 32.7 Å². The molecule has 0 atom stereocenters. The molecule has 168 valence electrons. The highest BCUT2D eigenvalue weighted by Gasteiger charge is 2.27. The molecule has 2 heterocycles. The predicted octanol–water partition coefficient (Wildman–Crippen LogP) is 4.04. The molecule has 1 saturated heterocycles. The Bertz CT molecular complexity index is 1040. The van der Waals surface area contributed by atoms with Gasteiger partial charge in [0.2, 0.25) is 0 Å². The molecule has 1 aromatic heterocycles. The number of aromatic nitrogens is 2. The van der Waals surface area contributed by atoms with Gasteiger partial charge < -0.3 is 9.64 Å². The molecule has 6 nitrogen and oxygen atoms in total. The van der Waals surface area contributed by atoms with Gasteiger partial charge >= 0.3 is 0 Å². The van der Waals surface area contributed by atoms with Gasteiger partial charge in [-0.05, 0) is 31.5 Å². The summed E-state index contributed by atoms with van der Waals surface area (Å²) < 4.78 is 7.51. The van der Waals surface area contributed by atoms with E-state index >= 15 is 0 Å². The number of aryl methyl sites for hydroxylation is 2. The van der Waals surface area contributed by atoms with Crippen LogP contribution in [0, 0.1) is 13.8 Å². The van der Waals surface area contributed by atoms with Crippen LogP contribution in [0.3, 0.4) is 0 Å². The van der Waals surface area contributed by atoms with Crippen molar-refractivity contribution in [2.24, 2.45) is 0 Å². The van der Waals surface area contributed by atoms with Gasteiger partial charge in [0.15, 0.2) is 0 Å². The van der Waals surface area contributed by atoms with E-state index in [2.05, 4.69) is 41.2 Å². The van der Waals surface area contributed by atoms with Crippen molar-refractivity contribution in [1.82, 2.24) is 19.6 Å². The number of para-hydroxylation sites is 1. The summed E-state index contributed by atoms with van der Waals surface area (Å²) >= 11 is 6.61. The van der Waals surface area contributed by atoms with E-state index in [1.165, 1.54) is 5.56 Å². The van der Waals surface area contributed by atoms with E-state index in [-0.39, 0.29) is 5.91 Å². The van der Waals surface area contributed by atoms with Crippen LogP contribution in [0.5, 0.6) is 5.75 Å². The highest BCUT2D eigenvalue weighted by molar-refractivity contribution is 6.33. The maximum Gasteiger partial charge on any atom is 0.258 e. The number of hydrogen-bond donors (Lipinski definition) is 0. The van der Waals surface area contributed by atoms with Crippen molar-refractivity contribution in [3.8, 4) is 5.75 Å². The minimum atomic E-state index is -0.0390. The molecule has 7 heteroatoms. The van der Waals surface area contributed by atoms with Crippen LogP contribution in [-0.2, 0) is 6.54 Å². The molecule has 4 rings (SSSR count). The first-order valence-electron chi connectivity index (χ1n) is 11.0. The van der Waals surface area contributed by atoms with Gasteiger partial charge in [0.05, 0.1) is 17.8 Å². The Kier molecular flexibility index (Phi) is 7.12. The molecule has 0 spiro atoms. The van der Waals surface area contributed by atoms with Crippen molar-refractivity contribution in [3.63, 3.8) is 0 Å². The zero-order valence-electron chi connectivity index (χ0n) is 18.6. The van der Waals surface area contributed by atoms with Crippen molar-refractivity contribution >= 4 is 17.5 Å². The van der Waals surface area contributed by atoms with Crippen molar-refractivity contribution < 1.29 is 9.53 Å². The van der Waals surface area contributed by atoms with Crippen LogP contribution in [0.25, 0.3) is 0 Å². The van der Waals surface area contributed by atoms with Crippen LogP contribution >= 0.6 is 11.6 Å². The molecular weight excluding hydrogens is 424 g/mol. The minimum absolute atomic E-state index is 0.0390. The van der Waals surface area contributed by atoms with E-state index in [9.17, 15) is 4.79 Å². The van der Waals surface area contributed by atoms with E-state index in [4.69, 9.17) is 16.3 Å². The Hall–Kier alpha value is -2.83. The number of carbonyl (C=O) groups is 1. The Labute approximate surface area is 194 Å². The largest absolute Gasteiger partial charge is 0.492 e. The number of halogens is 1. The number of hydrogen-bond acceptors (Lipinski definition) is 4. The number of ether oxygens (including phenoxy) is 1. The normalized spacial score (nSPS) is 14.5. The summed E-state index contributed by atoms with van der Waals surface area (Å²) in [4.78, 5) is 17.4. The fourth-order valence-electron chi connectivity index (χ4n) is 3.91. The second kappa shape index (κ2) is 10.2. The zero-order valence-corrected chi connectivity index (χ0v) is 19.4. The monoisotopic (exact) mass is 452 g/mol. The first-order valence-corrected chi connectivity index (χ1v) is 11.4. The molecule has 0 unspecified atom stereocenters. The first-order chi connectivity index (χ1) is 15.5. The summed E-state index contributed by atoms with van der Waals surface area (Å²) in [6.45, 7) is 8.90. The van der Waals surface area contributed by atoms with E-state index in [1.807, 2.05) is 42.2 Å². The lowest BCUT2D eigenvalue weighted by atomic mass is 10.1. The highest BCUT2D eigenvalue weighted by Crippen LogP contribution is 2.23. The van der Waals surface area contributed by atoms with Crippen LogP contribution in [0.1, 0.15) is 27.2 Å². The van der Waals surface area contributed by atoms with Gasteiger partial charge in [-0.1, -0.05) is 59.6 Å². The summed E-state index contributed by atoms with van der Waals surface area (Å²) in [6, 6.07) is 18.1. The fourth-order valence-corrected chi connectivity index (χ4v) is 4.22. The average molecular weight is 453 g/mol. The Morgan fingerprint density at radius 1 is 1.00 bits per heavy atom. The first kappa shape index (κ1) is 22.4. The van der Waals surface area contributed by atoms with Gasteiger partial charge in [0.25, 0.3) is 5.91 Å². The number of nitrogens with zero attached hydrogens (tertiary/aromatic N) is 4. The number of carbonyl (C=O) groups excluding carboxylic acids is 1. The van der Waals surface area contributed by atoms with E-state index < -0.39 is 0 Å². The van der Waals surface area contributed by atoms with Crippen molar-refractivity contribution in [1.29, 1.82) is 0 Å². The Morgan fingerprint density at radius 2 is 1.69 bits per heavy atom. The van der Waals surface area contributed by atoms with Gasteiger partial charge in [-0.2, -0.15) is 5.10 Å². The molecule has 0 saturated carbocycles. The van der Waals surface area contributed by atoms with Crippen LogP contribution in [0.15, 0.2) is 54.6 Å². The molecule has 0 bridgehead atoms.